The van der Waals surface area contributed by atoms with Crippen LogP contribution in [0.15, 0.2) is 24.3 Å². The molecular formula is C14H21NO2S2. The van der Waals surface area contributed by atoms with E-state index >= 15 is 0 Å². The third kappa shape index (κ3) is 6.25. The number of rotatable bonds is 5. The maximum Gasteiger partial charge on any atom is 0.435 e. The predicted octanol–water partition coefficient (Wildman–Crippen LogP) is 4.91. The van der Waals surface area contributed by atoms with Gasteiger partial charge in [-0.25, -0.2) is 4.79 Å². The highest BCUT2D eigenvalue weighted by Gasteiger charge is 2.20. The van der Waals surface area contributed by atoms with E-state index in [1.165, 1.54) is 23.9 Å². The van der Waals surface area contributed by atoms with E-state index in [0.717, 1.165) is 5.56 Å². The van der Waals surface area contributed by atoms with Gasteiger partial charge in [-0.15, -0.1) is 0 Å². The summed E-state index contributed by atoms with van der Waals surface area (Å²) in [6.45, 7) is 10.2. The van der Waals surface area contributed by atoms with Crippen LogP contribution in [0, 0.1) is 6.92 Å². The zero-order chi connectivity index (χ0) is 14.4. The lowest BCUT2D eigenvalue weighted by Gasteiger charge is -2.22. The molecule has 0 bridgehead atoms. The number of amides is 1. The highest BCUT2D eigenvalue weighted by Crippen LogP contribution is 2.30. The highest BCUT2D eigenvalue weighted by atomic mass is 32.2. The van der Waals surface area contributed by atoms with Crippen molar-refractivity contribution in [1.82, 2.24) is 3.71 Å². The Balaban J connectivity index is 2.67. The molecule has 0 aromatic heterocycles. The molecule has 0 radical (unpaired) electrons. The summed E-state index contributed by atoms with van der Waals surface area (Å²) in [6.07, 6.45) is -0.332. The van der Waals surface area contributed by atoms with Gasteiger partial charge in [0.05, 0.1) is 0 Å². The van der Waals surface area contributed by atoms with Crippen LogP contribution >= 0.6 is 23.9 Å². The molecule has 0 spiro atoms. The van der Waals surface area contributed by atoms with Gasteiger partial charge >= 0.3 is 6.09 Å². The van der Waals surface area contributed by atoms with Gasteiger partial charge in [0, 0.05) is 10.5 Å². The van der Waals surface area contributed by atoms with E-state index in [0.29, 0.717) is 16.2 Å². The standard InChI is InChI=1S/C14H21NO2S2/c1-10(2)18-15(19-11(3)4)14(16)17-13-8-6-12(5)7-9-13/h6-11H,1-5H3. The van der Waals surface area contributed by atoms with E-state index in [2.05, 4.69) is 27.7 Å². The Hall–Kier alpha value is -0.810. The fraction of sp³-hybridized carbons (Fsp3) is 0.500. The first-order valence-electron chi connectivity index (χ1n) is 6.30. The number of carbonyl (C=O) groups excluding carboxylic acids is 1. The van der Waals surface area contributed by atoms with Crippen LogP contribution in [0.2, 0.25) is 0 Å². The summed E-state index contributed by atoms with van der Waals surface area (Å²) in [5.74, 6) is 0.578. The van der Waals surface area contributed by atoms with Gasteiger partial charge in [0.2, 0.25) is 0 Å². The largest absolute Gasteiger partial charge is 0.435 e. The van der Waals surface area contributed by atoms with Gasteiger partial charge in [-0.2, -0.15) is 3.71 Å². The number of benzene rings is 1. The van der Waals surface area contributed by atoms with Crippen molar-refractivity contribution in [2.45, 2.75) is 45.1 Å². The van der Waals surface area contributed by atoms with Crippen LogP contribution < -0.4 is 4.74 Å². The van der Waals surface area contributed by atoms with Crippen LogP contribution in [0.4, 0.5) is 4.79 Å². The Morgan fingerprint density at radius 1 is 1.05 bits per heavy atom. The van der Waals surface area contributed by atoms with E-state index < -0.39 is 0 Å². The molecule has 0 heterocycles. The van der Waals surface area contributed by atoms with Crippen molar-refractivity contribution in [1.29, 1.82) is 0 Å². The summed E-state index contributed by atoms with van der Waals surface area (Å²) in [5.41, 5.74) is 1.14. The number of aryl methyl sites for hydroxylation is 1. The maximum absolute atomic E-state index is 12.1. The van der Waals surface area contributed by atoms with E-state index in [1.807, 2.05) is 31.2 Å². The Morgan fingerprint density at radius 3 is 1.95 bits per heavy atom. The molecule has 0 fully saturated rings. The molecular weight excluding hydrogens is 278 g/mol. The van der Waals surface area contributed by atoms with Gasteiger partial charge in [0.1, 0.15) is 5.75 Å². The summed E-state index contributed by atoms with van der Waals surface area (Å²) in [4.78, 5) is 12.1. The first-order valence-corrected chi connectivity index (χ1v) is 7.98. The molecule has 5 heteroatoms. The molecule has 0 saturated carbocycles. The van der Waals surface area contributed by atoms with Crippen molar-refractivity contribution in [3.63, 3.8) is 0 Å². The molecule has 0 aliphatic rings. The molecule has 0 atom stereocenters. The van der Waals surface area contributed by atoms with Crippen molar-refractivity contribution in [2.75, 3.05) is 0 Å². The molecule has 0 aliphatic carbocycles. The van der Waals surface area contributed by atoms with Crippen LogP contribution in [0.3, 0.4) is 0 Å². The Bertz CT molecular complexity index is 394. The van der Waals surface area contributed by atoms with E-state index in [9.17, 15) is 4.79 Å². The third-order valence-electron chi connectivity index (χ3n) is 1.99. The molecule has 0 saturated heterocycles. The number of hydrogen-bond donors (Lipinski definition) is 0. The molecule has 0 aliphatic heterocycles. The minimum Gasteiger partial charge on any atom is -0.409 e. The third-order valence-corrected chi connectivity index (χ3v) is 4.03. The van der Waals surface area contributed by atoms with Crippen molar-refractivity contribution < 1.29 is 9.53 Å². The van der Waals surface area contributed by atoms with Crippen molar-refractivity contribution in [3.8, 4) is 5.75 Å². The minimum atomic E-state index is -0.332. The molecule has 0 unspecified atom stereocenters. The van der Waals surface area contributed by atoms with Gasteiger partial charge in [-0.05, 0) is 43.0 Å². The molecule has 1 rings (SSSR count). The number of carbonyl (C=O) groups is 1. The number of hydrogen-bond acceptors (Lipinski definition) is 4. The van der Waals surface area contributed by atoms with Gasteiger partial charge in [-0.1, -0.05) is 45.4 Å². The molecule has 0 N–H and O–H groups in total. The van der Waals surface area contributed by atoms with Crippen molar-refractivity contribution in [2.24, 2.45) is 0 Å². The van der Waals surface area contributed by atoms with Gasteiger partial charge in [0.25, 0.3) is 0 Å². The molecule has 19 heavy (non-hydrogen) atoms. The fourth-order valence-corrected chi connectivity index (χ4v) is 3.48. The number of nitrogens with zero attached hydrogens (tertiary/aromatic N) is 1. The first kappa shape index (κ1) is 16.2. The smallest absolute Gasteiger partial charge is 0.409 e. The second-order valence-corrected chi connectivity index (χ2v) is 8.02. The summed E-state index contributed by atoms with van der Waals surface area (Å²) in [5, 5.41) is 0.661. The fourth-order valence-electron chi connectivity index (χ4n) is 1.24. The molecule has 1 aromatic carbocycles. The van der Waals surface area contributed by atoms with Crippen LogP contribution in [-0.4, -0.2) is 20.3 Å². The Kier molecular flexibility index (Phi) is 6.58. The number of ether oxygens (including phenoxy) is 1. The zero-order valence-electron chi connectivity index (χ0n) is 12.0. The Labute approximate surface area is 124 Å². The minimum absolute atomic E-state index is 0.330. The summed E-state index contributed by atoms with van der Waals surface area (Å²) < 4.78 is 7.00. The average Bonchev–Trinajstić information content (AvgIpc) is 2.30. The van der Waals surface area contributed by atoms with Crippen molar-refractivity contribution >= 4 is 30.0 Å². The zero-order valence-corrected chi connectivity index (χ0v) is 13.7. The molecule has 3 nitrogen and oxygen atoms in total. The second kappa shape index (κ2) is 7.70. The van der Waals surface area contributed by atoms with E-state index in [1.54, 1.807) is 3.71 Å². The summed E-state index contributed by atoms with van der Waals surface area (Å²) in [7, 11) is 0. The van der Waals surface area contributed by atoms with E-state index in [-0.39, 0.29) is 6.09 Å². The Morgan fingerprint density at radius 2 is 1.53 bits per heavy atom. The van der Waals surface area contributed by atoms with Gasteiger partial charge < -0.3 is 4.74 Å². The monoisotopic (exact) mass is 299 g/mol. The van der Waals surface area contributed by atoms with E-state index in [4.69, 9.17) is 4.74 Å². The van der Waals surface area contributed by atoms with Crippen LogP contribution in [0.5, 0.6) is 5.75 Å². The van der Waals surface area contributed by atoms with Crippen molar-refractivity contribution in [3.05, 3.63) is 29.8 Å². The predicted molar refractivity (Wildman–Crippen MR) is 84.5 cm³/mol. The molecule has 1 aromatic rings. The SMILES string of the molecule is Cc1ccc(OC(=O)N(SC(C)C)SC(C)C)cc1. The lowest BCUT2D eigenvalue weighted by atomic mass is 10.2. The van der Waals surface area contributed by atoms with Crippen LogP contribution in [0.1, 0.15) is 33.3 Å². The summed E-state index contributed by atoms with van der Waals surface area (Å²) in [6, 6.07) is 7.48. The highest BCUT2D eigenvalue weighted by molar-refractivity contribution is 8.13. The van der Waals surface area contributed by atoms with Crippen LogP contribution in [-0.2, 0) is 0 Å². The van der Waals surface area contributed by atoms with Crippen LogP contribution in [0.25, 0.3) is 0 Å². The quantitative estimate of drug-likeness (QED) is 0.723. The normalized spacial score (nSPS) is 10.9. The van der Waals surface area contributed by atoms with Gasteiger partial charge in [-0.3, -0.25) is 0 Å². The lowest BCUT2D eigenvalue weighted by molar-refractivity contribution is 0.197. The van der Waals surface area contributed by atoms with Gasteiger partial charge in [0.15, 0.2) is 0 Å². The second-order valence-electron chi connectivity index (χ2n) is 4.75. The first-order chi connectivity index (χ1) is 8.88. The summed E-state index contributed by atoms with van der Waals surface area (Å²) >= 11 is 2.96. The lowest BCUT2D eigenvalue weighted by Crippen LogP contribution is -2.24. The topological polar surface area (TPSA) is 29.5 Å². The average molecular weight is 299 g/mol. The molecule has 106 valence electrons. The maximum atomic E-state index is 12.1. The molecule has 1 amide bonds.